The fraction of sp³-hybridized carbons (Fsp3) is 0.538. The number of hydrogen-bond donors (Lipinski definition) is 2. The molecule has 2 nitrogen and oxygen atoms in total. The maximum absolute atomic E-state index is 9.61. The summed E-state index contributed by atoms with van der Waals surface area (Å²) in [5, 5.41) is 13.0. The van der Waals surface area contributed by atoms with E-state index in [1.54, 1.807) is 0 Å². The molecule has 0 amide bonds. The molecule has 1 heterocycles. The van der Waals surface area contributed by atoms with Crippen LogP contribution < -0.4 is 5.32 Å². The largest absolute Gasteiger partial charge is 0.508 e. The summed E-state index contributed by atoms with van der Waals surface area (Å²) >= 11 is 0. The van der Waals surface area contributed by atoms with Crippen molar-refractivity contribution in [1.29, 1.82) is 0 Å². The first-order valence-corrected chi connectivity index (χ1v) is 5.69. The lowest BCUT2D eigenvalue weighted by atomic mass is 9.87. The Labute approximate surface area is 91.3 Å². The Morgan fingerprint density at radius 1 is 1.27 bits per heavy atom. The molecule has 1 atom stereocenters. The van der Waals surface area contributed by atoms with Gasteiger partial charge in [-0.05, 0) is 61.9 Å². The quantitative estimate of drug-likeness (QED) is 0.738. The van der Waals surface area contributed by atoms with Gasteiger partial charge in [0.15, 0.2) is 0 Å². The van der Waals surface area contributed by atoms with Crippen LogP contribution in [0.5, 0.6) is 5.75 Å². The van der Waals surface area contributed by atoms with Crippen molar-refractivity contribution in [3.63, 3.8) is 0 Å². The molecule has 1 aromatic rings. The van der Waals surface area contributed by atoms with Crippen LogP contribution in [0.2, 0.25) is 0 Å². The first-order valence-electron chi connectivity index (χ1n) is 5.69. The molecule has 1 unspecified atom stereocenters. The number of hydrogen-bond acceptors (Lipinski definition) is 2. The summed E-state index contributed by atoms with van der Waals surface area (Å²) in [6.07, 6.45) is 2.52. The molecule has 0 radical (unpaired) electrons. The van der Waals surface area contributed by atoms with E-state index in [0.717, 1.165) is 18.7 Å². The van der Waals surface area contributed by atoms with Crippen LogP contribution in [0.3, 0.4) is 0 Å². The maximum Gasteiger partial charge on any atom is 0.118 e. The highest BCUT2D eigenvalue weighted by Gasteiger charge is 2.17. The van der Waals surface area contributed by atoms with Gasteiger partial charge in [0.2, 0.25) is 0 Å². The summed E-state index contributed by atoms with van der Waals surface area (Å²) in [4.78, 5) is 0. The fourth-order valence-corrected chi connectivity index (χ4v) is 2.38. The summed E-state index contributed by atoms with van der Waals surface area (Å²) in [5.41, 5.74) is 3.60. The van der Waals surface area contributed by atoms with Gasteiger partial charge in [-0.2, -0.15) is 0 Å². The van der Waals surface area contributed by atoms with Gasteiger partial charge in [0.05, 0.1) is 0 Å². The third-order valence-electron chi connectivity index (χ3n) is 3.32. The number of aryl methyl sites for hydroxylation is 2. The molecule has 82 valence electrons. The zero-order valence-corrected chi connectivity index (χ0v) is 9.51. The molecule has 0 aromatic heterocycles. The average molecular weight is 205 g/mol. The highest BCUT2D eigenvalue weighted by Crippen LogP contribution is 2.30. The van der Waals surface area contributed by atoms with E-state index in [1.165, 1.54) is 24.0 Å². The SMILES string of the molecule is Cc1cc(C2CCCNC2)c(C)cc1O. The molecule has 2 rings (SSSR count). The van der Waals surface area contributed by atoms with Gasteiger partial charge in [0, 0.05) is 6.54 Å². The van der Waals surface area contributed by atoms with E-state index in [4.69, 9.17) is 0 Å². The minimum Gasteiger partial charge on any atom is -0.508 e. The van der Waals surface area contributed by atoms with Gasteiger partial charge in [0.25, 0.3) is 0 Å². The lowest BCUT2D eigenvalue weighted by molar-refractivity contribution is 0.454. The van der Waals surface area contributed by atoms with Gasteiger partial charge in [-0.3, -0.25) is 0 Å². The molecule has 0 saturated carbocycles. The minimum atomic E-state index is 0.417. The molecule has 1 fully saturated rings. The number of rotatable bonds is 1. The second-order valence-electron chi connectivity index (χ2n) is 4.54. The van der Waals surface area contributed by atoms with Crippen LogP contribution in [0.25, 0.3) is 0 Å². The highest BCUT2D eigenvalue weighted by atomic mass is 16.3. The molecule has 0 bridgehead atoms. The summed E-state index contributed by atoms with van der Waals surface area (Å²) in [7, 11) is 0. The fourth-order valence-electron chi connectivity index (χ4n) is 2.38. The van der Waals surface area contributed by atoms with Crippen molar-refractivity contribution in [3.8, 4) is 5.75 Å². The van der Waals surface area contributed by atoms with Crippen LogP contribution in [-0.2, 0) is 0 Å². The van der Waals surface area contributed by atoms with E-state index in [1.807, 2.05) is 13.0 Å². The Bertz CT molecular complexity index is 354. The number of aromatic hydroxyl groups is 1. The predicted octanol–water partition coefficient (Wildman–Crippen LogP) is 2.48. The second kappa shape index (κ2) is 4.23. The van der Waals surface area contributed by atoms with Crippen molar-refractivity contribution in [1.82, 2.24) is 5.32 Å². The first kappa shape index (κ1) is 10.5. The van der Waals surface area contributed by atoms with Crippen LogP contribution in [0, 0.1) is 13.8 Å². The number of nitrogens with one attached hydrogen (secondary N) is 1. The van der Waals surface area contributed by atoms with E-state index >= 15 is 0 Å². The lowest BCUT2D eigenvalue weighted by Crippen LogP contribution is -2.28. The van der Waals surface area contributed by atoms with Gasteiger partial charge in [-0.25, -0.2) is 0 Å². The topological polar surface area (TPSA) is 32.3 Å². The van der Waals surface area contributed by atoms with Crippen LogP contribution in [-0.4, -0.2) is 18.2 Å². The second-order valence-corrected chi connectivity index (χ2v) is 4.54. The number of benzene rings is 1. The highest BCUT2D eigenvalue weighted by molar-refractivity contribution is 5.42. The molecule has 0 spiro atoms. The molecule has 2 heteroatoms. The molecule has 1 aliphatic rings. The third-order valence-corrected chi connectivity index (χ3v) is 3.32. The lowest BCUT2D eigenvalue weighted by Gasteiger charge is -2.25. The van der Waals surface area contributed by atoms with Crippen molar-refractivity contribution >= 4 is 0 Å². The average Bonchev–Trinajstić information content (AvgIpc) is 2.25. The molecule has 1 saturated heterocycles. The number of phenols is 1. The van der Waals surface area contributed by atoms with Gasteiger partial charge >= 0.3 is 0 Å². The summed E-state index contributed by atoms with van der Waals surface area (Å²) in [5.74, 6) is 1.04. The smallest absolute Gasteiger partial charge is 0.118 e. The van der Waals surface area contributed by atoms with Gasteiger partial charge in [-0.15, -0.1) is 0 Å². The van der Waals surface area contributed by atoms with Crippen molar-refractivity contribution in [2.75, 3.05) is 13.1 Å². The van der Waals surface area contributed by atoms with Crippen LogP contribution >= 0.6 is 0 Å². The van der Waals surface area contributed by atoms with E-state index in [2.05, 4.69) is 18.3 Å². The number of phenolic OH excluding ortho intramolecular Hbond substituents is 1. The van der Waals surface area contributed by atoms with Crippen molar-refractivity contribution in [3.05, 3.63) is 28.8 Å². The van der Waals surface area contributed by atoms with Crippen LogP contribution in [0.4, 0.5) is 0 Å². The normalized spacial score (nSPS) is 21.6. The van der Waals surface area contributed by atoms with Crippen LogP contribution in [0.15, 0.2) is 12.1 Å². The molecular weight excluding hydrogens is 186 g/mol. The minimum absolute atomic E-state index is 0.417. The van der Waals surface area contributed by atoms with Crippen molar-refractivity contribution in [2.45, 2.75) is 32.6 Å². The van der Waals surface area contributed by atoms with Crippen molar-refractivity contribution < 1.29 is 5.11 Å². The summed E-state index contributed by atoms with van der Waals surface area (Å²) < 4.78 is 0. The van der Waals surface area contributed by atoms with Gasteiger partial charge in [-0.1, -0.05) is 6.07 Å². The molecule has 1 aromatic carbocycles. The monoisotopic (exact) mass is 205 g/mol. The van der Waals surface area contributed by atoms with E-state index in [9.17, 15) is 5.11 Å². The van der Waals surface area contributed by atoms with E-state index in [0.29, 0.717) is 11.7 Å². The molecular formula is C13H19NO. The Balaban J connectivity index is 2.30. The Hall–Kier alpha value is -1.02. The number of piperidine rings is 1. The van der Waals surface area contributed by atoms with Crippen LogP contribution in [0.1, 0.15) is 35.4 Å². The molecule has 15 heavy (non-hydrogen) atoms. The zero-order chi connectivity index (χ0) is 10.8. The Morgan fingerprint density at radius 3 is 2.73 bits per heavy atom. The Kier molecular flexibility index (Phi) is 2.96. The van der Waals surface area contributed by atoms with Crippen molar-refractivity contribution in [2.24, 2.45) is 0 Å². The first-order chi connectivity index (χ1) is 7.18. The maximum atomic E-state index is 9.61. The Morgan fingerprint density at radius 2 is 2.07 bits per heavy atom. The van der Waals surface area contributed by atoms with E-state index < -0.39 is 0 Å². The standard InChI is InChI=1S/C13H19NO/c1-9-7-13(15)10(2)6-12(9)11-4-3-5-14-8-11/h6-7,11,14-15H,3-5,8H2,1-2H3. The molecule has 0 aliphatic carbocycles. The molecule has 2 N–H and O–H groups in total. The summed E-state index contributed by atoms with van der Waals surface area (Å²) in [6, 6.07) is 4.03. The molecule has 1 aliphatic heterocycles. The summed E-state index contributed by atoms with van der Waals surface area (Å²) in [6.45, 7) is 6.27. The van der Waals surface area contributed by atoms with E-state index in [-0.39, 0.29) is 0 Å². The predicted molar refractivity (Wildman–Crippen MR) is 62.4 cm³/mol. The zero-order valence-electron chi connectivity index (χ0n) is 9.51. The van der Waals surface area contributed by atoms with Gasteiger partial charge < -0.3 is 10.4 Å². The van der Waals surface area contributed by atoms with Gasteiger partial charge in [0.1, 0.15) is 5.75 Å². The third kappa shape index (κ3) is 2.15.